The van der Waals surface area contributed by atoms with Crippen LogP contribution in [0.3, 0.4) is 0 Å². The molecule has 0 aliphatic heterocycles. The number of esters is 1. The Morgan fingerprint density at radius 1 is 0.840 bits per heavy atom. The van der Waals surface area contributed by atoms with Crippen molar-refractivity contribution >= 4 is 52.0 Å². The lowest BCUT2D eigenvalue weighted by molar-refractivity contribution is -0.131. The number of hydrogen-bond acceptors (Lipinski definition) is 9. The molecule has 1 unspecified atom stereocenters. The fraction of sp³-hybridized carbons (Fsp3) is 0.543. The highest BCUT2D eigenvalue weighted by Crippen LogP contribution is 2.35. The number of amides is 5. The summed E-state index contributed by atoms with van der Waals surface area (Å²) in [5.74, 6) is -4.43. The van der Waals surface area contributed by atoms with Gasteiger partial charge in [-0.1, -0.05) is 46.8 Å². The maximum absolute atomic E-state index is 13.5. The minimum absolute atomic E-state index is 0.00716. The van der Waals surface area contributed by atoms with Crippen LogP contribution >= 0.6 is 11.3 Å². The van der Waals surface area contributed by atoms with Gasteiger partial charge in [0.05, 0.1) is 23.5 Å². The third kappa shape index (κ3) is 11.8. The van der Waals surface area contributed by atoms with E-state index < -0.39 is 65.1 Å². The summed E-state index contributed by atoms with van der Waals surface area (Å²) in [6, 6.07) is 3.68. The second-order valence-corrected chi connectivity index (χ2v) is 14.4. The molecule has 5 amide bonds. The lowest BCUT2D eigenvalue weighted by Crippen LogP contribution is -2.57. The molecule has 1 heterocycles. The number of carbonyl (C=O) groups excluding carboxylic acids is 6. The second kappa shape index (κ2) is 18.5. The predicted octanol–water partition coefficient (Wildman–Crippen LogP) is 4.65. The number of benzene rings is 1. The van der Waals surface area contributed by atoms with Crippen LogP contribution in [-0.4, -0.2) is 73.6 Å². The first-order chi connectivity index (χ1) is 23.3. The van der Waals surface area contributed by atoms with Crippen LogP contribution < -0.4 is 26.6 Å². The van der Waals surface area contributed by atoms with E-state index in [9.17, 15) is 33.2 Å². The van der Waals surface area contributed by atoms with Crippen molar-refractivity contribution in [2.45, 2.75) is 92.3 Å². The van der Waals surface area contributed by atoms with E-state index in [1.807, 2.05) is 0 Å². The maximum Gasteiger partial charge on any atom is 0.408 e. The van der Waals surface area contributed by atoms with E-state index in [-0.39, 0.29) is 40.4 Å². The fourth-order valence-corrected chi connectivity index (χ4v) is 6.05. The number of methoxy groups -OCH3 is 1. The quantitative estimate of drug-likeness (QED) is 0.130. The Morgan fingerprint density at radius 2 is 1.40 bits per heavy atom. The summed E-state index contributed by atoms with van der Waals surface area (Å²) in [4.78, 5) is 77.8. The summed E-state index contributed by atoms with van der Waals surface area (Å²) < 4.78 is 23.6. The Labute approximate surface area is 296 Å². The SMILES string of the molecule is CCC(C(=O)Nc1sc(C(=O)NCCNC(=O)[C@@H](NC(=O)[C@@H](NC(=O)OC(C)(C)C)C(C)C)C(C)C)c(C)c1C(=O)OC)c1ccc(F)cc1. The standard InChI is InChI=1S/C35H50FN5O8S/c1-11-23(21-12-14-22(36)15-13-21)28(42)41-32-24(33(46)48-10)20(6)27(50-32)31(45)38-17-16-37-29(43)25(18(2)3)39-30(44)26(19(4)5)40-34(47)49-35(7,8)9/h12-15,18-19,23,25-26H,11,16-17H2,1-10H3,(H,37,43)(H,38,45)(H,39,44)(H,40,47)(H,41,42)/t23?,25-,26-/m0/s1. The molecule has 0 radical (unpaired) electrons. The van der Waals surface area contributed by atoms with E-state index in [1.165, 1.54) is 31.4 Å². The highest BCUT2D eigenvalue weighted by molar-refractivity contribution is 7.18. The average Bonchev–Trinajstić information content (AvgIpc) is 3.35. The van der Waals surface area contributed by atoms with E-state index in [2.05, 4.69) is 26.6 Å². The van der Waals surface area contributed by atoms with Crippen LogP contribution in [0.15, 0.2) is 24.3 Å². The Morgan fingerprint density at radius 3 is 1.92 bits per heavy atom. The number of nitrogens with one attached hydrogen (secondary N) is 5. The minimum atomic E-state index is -0.951. The monoisotopic (exact) mass is 719 g/mol. The number of hydrogen-bond donors (Lipinski definition) is 5. The zero-order valence-electron chi connectivity index (χ0n) is 30.4. The zero-order valence-corrected chi connectivity index (χ0v) is 31.2. The van der Waals surface area contributed by atoms with Gasteiger partial charge < -0.3 is 36.1 Å². The van der Waals surface area contributed by atoms with Gasteiger partial charge in [-0.3, -0.25) is 19.2 Å². The van der Waals surface area contributed by atoms with Crippen LogP contribution in [0.1, 0.15) is 98.9 Å². The maximum atomic E-state index is 13.5. The lowest BCUT2D eigenvalue weighted by atomic mass is 9.95. The molecule has 0 bridgehead atoms. The van der Waals surface area contributed by atoms with Gasteiger partial charge in [-0.25, -0.2) is 14.0 Å². The molecular formula is C35H50FN5O8S. The summed E-state index contributed by atoms with van der Waals surface area (Å²) in [5, 5.41) is 13.6. The van der Waals surface area contributed by atoms with Gasteiger partial charge in [0.15, 0.2) is 0 Å². The van der Waals surface area contributed by atoms with E-state index >= 15 is 0 Å². The van der Waals surface area contributed by atoms with Crippen LogP contribution in [0.4, 0.5) is 14.2 Å². The molecule has 2 rings (SSSR count). The molecule has 0 saturated heterocycles. The largest absolute Gasteiger partial charge is 0.465 e. The van der Waals surface area contributed by atoms with Gasteiger partial charge in [0.25, 0.3) is 5.91 Å². The third-order valence-electron chi connectivity index (χ3n) is 7.55. The van der Waals surface area contributed by atoms with E-state index in [0.29, 0.717) is 17.5 Å². The van der Waals surface area contributed by atoms with Crippen molar-refractivity contribution in [3.8, 4) is 0 Å². The van der Waals surface area contributed by atoms with E-state index in [4.69, 9.17) is 9.47 Å². The van der Waals surface area contributed by atoms with Gasteiger partial charge >= 0.3 is 12.1 Å². The van der Waals surface area contributed by atoms with Crippen molar-refractivity contribution in [3.63, 3.8) is 0 Å². The molecule has 1 aromatic carbocycles. The molecule has 2 aromatic rings. The molecule has 1 aromatic heterocycles. The van der Waals surface area contributed by atoms with Gasteiger partial charge in [0.1, 0.15) is 28.5 Å². The molecule has 0 saturated carbocycles. The summed E-state index contributed by atoms with van der Waals surface area (Å²) in [6.45, 7) is 15.5. The predicted molar refractivity (Wildman–Crippen MR) is 189 cm³/mol. The number of alkyl carbamates (subject to hydrolysis) is 1. The van der Waals surface area contributed by atoms with E-state index in [0.717, 1.165) is 11.3 Å². The average molecular weight is 720 g/mol. The van der Waals surface area contributed by atoms with Crippen molar-refractivity contribution in [2.24, 2.45) is 11.8 Å². The number of ether oxygens (including phenoxy) is 2. The molecule has 0 spiro atoms. The zero-order chi connectivity index (χ0) is 37.9. The van der Waals surface area contributed by atoms with Gasteiger partial charge in [0.2, 0.25) is 17.7 Å². The van der Waals surface area contributed by atoms with Crippen molar-refractivity contribution in [1.82, 2.24) is 21.3 Å². The molecular weight excluding hydrogens is 669 g/mol. The molecule has 15 heteroatoms. The molecule has 50 heavy (non-hydrogen) atoms. The molecule has 0 aliphatic rings. The van der Waals surface area contributed by atoms with Crippen LogP contribution in [0, 0.1) is 24.6 Å². The molecule has 13 nitrogen and oxygen atoms in total. The Hall–Kier alpha value is -4.53. The van der Waals surface area contributed by atoms with Gasteiger partial charge in [-0.15, -0.1) is 11.3 Å². The minimum Gasteiger partial charge on any atom is -0.465 e. The summed E-state index contributed by atoms with van der Waals surface area (Å²) >= 11 is 0.905. The van der Waals surface area contributed by atoms with Crippen LogP contribution in [0.25, 0.3) is 0 Å². The van der Waals surface area contributed by atoms with Crippen molar-refractivity contribution in [3.05, 3.63) is 51.7 Å². The van der Waals surface area contributed by atoms with Crippen LogP contribution in [-0.2, 0) is 23.9 Å². The first-order valence-corrected chi connectivity index (χ1v) is 17.3. The molecule has 0 aliphatic carbocycles. The normalized spacial score (nSPS) is 13.1. The first-order valence-electron chi connectivity index (χ1n) is 16.4. The smallest absolute Gasteiger partial charge is 0.408 e. The molecule has 0 fully saturated rings. The molecule has 3 atom stereocenters. The van der Waals surface area contributed by atoms with Crippen molar-refractivity contribution in [1.29, 1.82) is 0 Å². The Kier molecular flexibility index (Phi) is 15.4. The number of halogens is 1. The Balaban J connectivity index is 2.08. The highest BCUT2D eigenvalue weighted by atomic mass is 32.1. The van der Waals surface area contributed by atoms with Gasteiger partial charge in [-0.2, -0.15) is 0 Å². The summed E-state index contributed by atoms with van der Waals surface area (Å²) in [7, 11) is 1.19. The van der Waals surface area contributed by atoms with E-state index in [1.54, 1.807) is 62.3 Å². The number of thiophene rings is 1. The lowest BCUT2D eigenvalue weighted by Gasteiger charge is -2.28. The number of carbonyl (C=O) groups is 6. The summed E-state index contributed by atoms with van der Waals surface area (Å²) in [6.07, 6.45) is -0.353. The molecule has 276 valence electrons. The second-order valence-electron chi connectivity index (χ2n) is 13.4. The fourth-order valence-electron chi connectivity index (χ4n) is 4.93. The third-order valence-corrected chi connectivity index (χ3v) is 8.76. The topological polar surface area (TPSA) is 181 Å². The number of rotatable bonds is 15. The van der Waals surface area contributed by atoms with Crippen LogP contribution in [0.5, 0.6) is 0 Å². The molecule has 5 N–H and O–H groups in total. The van der Waals surface area contributed by atoms with Crippen molar-refractivity contribution < 1.29 is 42.6 Å². The first kappa shape index (κ1) is 41.6. The number of anilines is 1. The van der Waals surface area contributed by atoms with Gasteiger partial charge in [0, 0.05) is 13.1 Å². The highest BCUT2D eigenvalue weighted by Gasteiger charge is 2.32. The Bertz CT molecular complexity index is 1530. The summed E-state index contributed by atoms with van der Waals surface area (Å²) in [5.41, 5.74) is 0.174. The van der Waals surface area contributed by atoms with Gasteiger partial charge in [-0.05, 0) is 69.2 Å². The van der Waals surface area contributed by atoms with Crippen molar-refractivity contribution in [2.75, 3.05) is 25.5 Å². The van der Waals surface area contributed by atoms with Crippen LogP contribution in [0.2, 0.25) is 0 Å².